The van der Waals surface area contributed by atoms with E-state index in [9.17, 15) is 10.1 Å². The Morgan fingerprint density at radius 1 is 1.39 bits per heavy atom. The molecule has 1 unspecified atom stereocenters. The first-order chi connectivity index (χ1) is 13.5. The lowest BCUT2D eigenvalue weighted by atomic mass is 9.89. The maximum atomic E-state index is 12.7. The van der Waals surface area contributed by atoms with Crippen LogP contribution in [-0.4, -0.2) is 10.5 Å². The zero-order chi connectivity index (χ0) is 19.8. The number of hydrogen-bond donors (Lipinski definition) is 1. The Balaban J connectivity index is 1.54. The summed E-state index contributed by atoms with van der Waals surface area (Å²) in [6.07, 6.45) is 5.01. The second-order valence-corrected chi connectivity index (χ2v) is 9.24. The topological polar surface area (TPSA) is 57.8 Å². The van der Waals surface area contributed by atoms with Crippen LogP contribution in [0.2, 0.25) is 0 Å². The largest absolute Gasteiger partial charge is 0.338 e. The summed E-state index contributed by atoms with van der Waals surface area (Å²) in [5.74, 6) is 1.03. The van der Waals surface area contributed by atoms with Gasteiger partial charge in [-0.25, -0.2) is 0 Å². The van der Waals surface area contributed by atoms with E-state index in [1.165, 1.54) is 10.4 Å². The monoisotopic (exact) mass is 391 g/mol. The van der Waals surface area contributed by atoms with Gasteiger partial charge in [-0.15, -0.1) is 11.3 Å². The summed E-state index contributed by atoms with van der Waals surface area (Å²) < 4.78 is 1.97. The molecule has 144 valence electrons. The van der Waals surface area contributed by atoms with Crippen LogP contribution in [0.25, 0.3) is 10.9 Å². The van der Waals surface area contributed by atoms with Gasteiger partial charge in [0.05, 0.1) is 5.56 Å². The first-order valence-corrected chi connectivity index (χ1v) is 10.7. The highest BCUT2D eigenvalue weighted by Gasteiger charge is 2.24. The van der Waals surface area contributed by atoms with Crippen molar-refractivity contribution in [1.82, 2.24) is 4.57 Å². The van der Waals surface area contributed by atoms with Gasteiger partial charge in [0.15, 0.2) is 0 Å². The fraction of sp³-hybridized carbons (Fsp3) is 0.391. The minimum absolute atomic E-state index is 0.0893. The number of anilines is 1. The molecule has 0 aliphatic heterocycles. The zero-order valence-electron chi connectivity index (χ0n) is 16.6. The molecule has 1 aromatic carbocycles. The van der Waals surface area contributed by atoms with Crippen molar-refractivity contribution in [2.75, 3.05) is 5.32 Å². The van der Waals surface area contributed by atoms with Crippen molar-refractivity contribution in [3.8, 4) is 6.07 Å². The second kappa shape index (κ2) is 7.44. The summed E-state index contributed by atoms with van der Waals surface area (Å²) >= 11 is 1.58. The number of hydrogen-bond acceptors (Lipinski definition) is 3. The number of thiophene rings is 1. The van der Waals surface area contributed by atoms with E-state index in [2.05, 4.69) is 56.4 Å². The summed E-state index contributed by atoms with van der Waals surface area (Å²) in [6, 6.07) is 10.8. The highest BCUT2D eigenvalue weighted by molar-refractivity contribution is 7.16. The molecule has 0 fully saturated rings. The van der Waals surface area contributed by atoms with Crippen LogP contribution in [0.3, 0.4) is 0 Å². The van der Waals surface area contributed by atoms with Crippen LogP contribution >= 0.6 is 11.3 Å². The van der Waals surface area contributed by atoms with Crippen molar-refractivity contribution in [1.29, 1.82) is 5.26 Å². The Bertz CT molecular complexity index is 1080. The second-order valence-electron chi connectivity index (χ2n) is 8.13. The normalized spacial score (nSPS) is 16.2. The third-order valence-electron chi connectivity index (χ3n) is 5.65. The van der Waals surface area contributed by atoms with Crippen LogP contribution in [0.5, 0.6) is 0 Å². The third-order valence-corrected chi connectivity index (χ3v) is 6.82. The fourth-order valence-electron chi connectivity index (χ4n) is 3.99. The van der Waals surface area contributed by atoms with Gasteiger partial charge < -0.3 is 9.88 Å². The Labute approximate surface area is 169 Å². The van der Waals surface area contributed by atoms with Crippen LogP contribution in [0.1, 0.15) is 54.7 Å². The molecule has 1 amide bonds. The van der Waals surface area contributed by atoms with Crippen LogP contribution in [0.4, 0.5) is 5.00 Å². The van der Waals surface area contributed by atoms with E-state index >= 15 is 0 Å². The standard InChI is InChI=1S/C23H25N3OS/c1-14(2)16-5-7-20-17(11-16)8-9-26(20)13-22(27)25-23-19(12-24)18-6-4-15(3)10-21(18)28-23/h5,7-9,11,14-15H,4,6,10,13H2,1-3H3,(H,25,27). The number of amides is 1. The fourth-order valence-corrected chi connectivity index (χ4v) is 5.37. The molecule has 2 aromatic heterocycles. The van der Waals surface area contributed by atoms with Crippen molar-refractivity contribution in [2.24, 2.45) is 5.92 Å². The van der Waals surface area contributed by atoms with Crippen molar-refractivity contribution in [3.05, 3.63) is 52.0 Å². The summed E-state index contributed by atoms with van der Waals surface area (Å²) in [7, 11) is 0. The number of benzene rings is 1. The maximum absolute atomic E-state index is 12.7. The summed E-state index contributed by atoms with van der Waals surface area (Å²) in [4.78, 5) is 14.0. The minimum atomic E-state index is -0.0893. The van der Waals surface area contributed by atoms with Gasteiger partial charge >= 0.3 is 0 Å². The summed E-state index contributed by atoms with van der Waals surface area (Å²) in [6.45, 7) is 6.85. The van der Waals surface area contributed by atoms with Crippen LogP contribution in [0, 0.1) is 17.2 Å². The van der Waals surface area contributed by atoms with Crippen LogP contribution in [0.15, 0.2) is 30.5 Å². The van der Waals surface area contributed by atoms with Gasteiger partial charge in [0.2, 0.25) is 5.91 Å². The first-order valence-electron chi connectivity index (χ1n) is 9.89. The molecule has 2 heterocycles. The van der Waals surface area contributed by atoms with E-state index in [-0.39, 0.29) is 12.5 Å². The molecule has 1 N–H and O–H groups in total. The SMILES string of the molecule is CC1CCc2c(sc(NC(=O)Cn3ccc4cc(C(C)C)ccc43)c2C#N)C1. The Morgan fingerprint density at radius 3 is 2.96 bits per heavy atom. The van der Waals surface area contributed by atoms with Crippen LogP contribution < -0.4 is 5.32 Å². The lowest BCUT2D eigenvalue weighted by Gasteiger charge is -2.17. The predicted molar refractivity (Wildman–Crippen MR) is 115 cm³/mol. The number of carbonyl (C=O) groups excluding carboxylic acids is 1. The number of fused-ring (bicyclic) bond motifs is 2. The predicted octanol–water partition coefficient (Wildman–Crippen LogP) is 5.46. The van der Waals surface area contributed by atoms with Crippen molar-refractivity contribution in [3.63, 3.8) is 0 Å². The Kier molecular flexibility index (Phi) is 4.99. The molecule has 0 bridgehead atoms. The lowest BCUT2D eigenvalue weighted by molar-refractivity contribution is -0.116. The average Bonchev–Trinajstić information content (AvgIpc) is 3.21. The van der Waals surface area contributed by atoms with Crippen molar-refractivity contribution in [2.45, 2.75) is 52.5 Å². The minimum Gasteiger partial charge on any atom is -0.338 e. The average molecular weight is 392 g/mol. The number of nitrogens with one attached hydrogen (secondary N) is 1. The number of carbonyl (C=O) groups is 1. The van der Waals surface area contributed by atoms with E-state index in [4.69, 9.17) is 0 Å². The van der Waals surface area contributed by atoms with Gasteiger partial charge in [-0.3, -0.25) is 4.79 Å². The summed E-state index contributed by atoms with van der Waals surface area (Å²) in [5.41, 5.74) is 4.17. The smallest absolute Gasteiger partial charge is 0.244 e. The van der Waals surface area contributed by atoms with E-state index in [0.717, 1.165) is 35.7 Å². The molecular formula is C23H25N3OS. The Hall–Kier alpha value is -2.58. The van der Waals surface area contributed by atoms with E-state index in [1.54, 1.807) is 11.3 Å². The molecule has 4 rings (SSSR count). The lowest BCUT2D eigenvalue weighted by Crippen LogP contribution is -2.18. The highest BCUT2D eigenvalue weighted by Crippen LogP contribution is 2.39. The molecule has 1 atom stereocenters. The molecule has 5 heteroatoms. The molecule has 0 saturated heterocycles. The molecule has 28 heavy (non-hydrogen) atoms. The molecule has 4 nitrogen and oxygen atoms in total. The molecule has 1 aliphatic rings. The quantitative estimate of drug-likeness (QED) is 0.642. The van der Waals surface area contributed by atoms with Gasteiger partial charge in [-0.2, -0.15) is 5.26 Å². The summed E-state index contributed by atoms with van der Waals surface area (Å²) in [5, 5.41) is 14.5. The van der Waals surface area contributed by atoms with Crippen LogP contribution in [-0.2, 0) is 24.2 Å². The zero-order valence-corrected chi connectivity index (χ0v) is 17.4. The highest BCUT2D eigenvalue weighted by atomic mass is 32.1. The molecule has 0 saturated carbocycles. The van der Waals surface area contributed by atoms with Gasteiger partial charge in [0.1, 0.15) is 17.6 Å². The van der Waals surface area contributed by atoms with Gasteiger partial charge in [0, 0.05) is 16.6 Å². The van der Waals surface area contributed by atoms with Gasteiger partial charge in [-0.1, -0.05) is 26.8 Å². The number of nitrogens with zero attached hydrogens (tertiary/aromatic N) is 2. The molecule has 1 aliphatic carbocycles. The molecular weight excluding hydrogens is 366 g/mol. The molecule has 3 aromatic rings. The van der Waals surface area contributed by atoms with Crippen molar-refractivity contribution >= 4 is 33.1 Å². The Morgan fingerprint density at radius 2 is 2.21 bits per heavy atom. The van der Waals surface area contributed by atoms with Gasteiger partial charge in [-0.05, 0) is 65.8 Å². The molecule has 0 spiro atoms. The first kappa shape index (κ1) is 18.8. The van der Waals surface area contributed by atoms with Gasteiger partial charge in [0.25, 0.3) is 0 Å². The number of nitriles is 1. The number of rotatable bonds is 4. The molecule has 0 radical (unpaired) electrons. The van der Waals surface area contributed by atoms with E-state index in [1.807, 2.05) is 10.8 Å². The number of aromatic nitrogens is 1. The van der Waals surface area contributed by atoms with E-state index < -0.39 is 0 Å². The van der Waals surface area contributed by atoms with Crippen molar-refractivity contribution < 1.29 is 4.79 Å². The maximum Gasteiger partial charge on any atom is 0.244 e. The van der Waals surface area contributed by atoms with E-state index in [0.29, 0.717) is 22.4 Å². The third kappa shape index (κ3) is 3.45.